The molecule has 0 bridgehead atoms. The summed E-state index contributed by atoms with van der Waals surface area (Å²) in [4.78, 5) is 5.85. The molecule has 0 amide bonds. The van der Waals surface area contributed by atoms with Gasteiger partial charge in [0.1, 0.15) is 0 Å². The predicted octanol–water partition coefficient (Wildman–Crippen LogP) is 2.25. The lowest BCUT2D eigenvalue weighted by Crippen LogP contribution is -2.50. The zero-order chi connectivity index (χ0) is 10.7. The fourth-order valence-electron chi connectivity index (χ4n) is 1.94. The van der Waals surface area contributed by atoms with Crippen LogP contribution in [-0.2, 0) is 0 Å². The van der Waals surface area contributed by atoms with Crippen molar-refractivity contribution in [2.24, 2.45) is 0 Å². The lowest BCUT2D eigenvalue weighted by molar-refractivity contribution is 0.442. The van der Waals surface area contributed by atoms with Crippen LogP contribution in [0.25, 0.3) is 0 Å². The summed E-state index contributed by atoms with van der Waals surface area (Å²) in [6.07, 6.45) is 3.99. The van der Waals surface area contributed by atoms with Crippen molar-refractivity contribution in [3.63, 3.8) is 0 Å². The van der Waals surface area contributed by atoms with Gasteiger partial charge in [0.05, 0.1) is 11.9 Å². The summed E-state index contributed by atoms with van der Waals surface area (Å²) in [7, 11) is 0. The molecule has 1 aliphatic rings. The zero-order valence-corrected chi connectivity index (χ0v) is 11.4. The van der Waals surface area contributed by atoms with E-state index in [0.717, 1.165) is 26.1 Å². The van der Waals surface area contributed by atoms with Crippen LogP contribution in [-0.4, -0.2) is 30.7 Å². The average molecular weight is 282 g/mol. The maximum Gasteiger partial charge on any atom is 0.164 e. The first-order valence-corrected chi connectivity index (χ1v) is 5.39. The van der Waals surface area contributed by atoms with E-state index < -0.39 is 0 Å². The molecule has 0 spiro atoms. The van der Waals surface area contributed by atoms with Crippen LogP contribution >= 0.6 is 24.8 Å². The Hall–Kier alpha value is -0.580. The molecule has 2 rings (SSSR count). The maximum atomic E-state index is 13.5. The van der Waals surface area contributed by atoms with Crippen molar-refractivity contribution < 1.29 is 4.39 Å². The highest BCUT2D eigenvalue weighted by Gasteiger charge is 2.19. The molecule has 2 heterocycles. The van der Waals surface area contributed by atoms with E-state index in [0.29, 0.717) is 11.7 Å². The Balaban J connectivity index is 0.00000128. The molecule has 0 unspecified atom stereocenters. The predicted molar refractivity (Wildman–Crippen MR) is 73.0 cm³/mol. The van der Waals surface area contributed by atoms with Gasteiger partial charge in [0.15, 0.2) is 5.82 Å². The van der Waals surface area contributed by atoms with E-state index in [-0.39, 0.29) is 30.6 Å². The second kappa shape index (κ2) is 7.69. The van der Waals surface area contributed by atoms with Crippen LogP contribution in [0.3, 0.4) is 0 Å². The van der Waals surface area contributed by atoms with Crippen LogP contribution in [0.5, 0.6) is 0 Å². The van der Waals surface area contributed by atoms with Crippen molar-refractivity contribution in [3.8, 4) is 0 Å². The molecule has 98 valence electrons. The van der Waals surface area contributed by atoms with Gasteiger partial charge in [-0.2, -0.15) is 0 Å². The largest absolute Gasteiger partial charge is 0.366 e. The van der Waals surface area contributed by atoms with E-state index >= 15 is 0 Å². The summed E-state index contributed by atoms with van der Waals surface area (Å²) < 4.78 is 13.5. The summed E-state index contributed by atoms with van der Waals surface area (Å²) in [5.41, 5.74) is 0.671. The molecular formula is C11H18Cl2FN3. The fraction of sp³-hybridized carbons (Fsp3) is 0.545. The fourth-order valence-corrected chi connectivity index (χ4v) is 1.94. The molecule has 0 aromatic carbocycles. The lowest BCUT2D eigenvalue weighted by Gasteiger charge is -2.34. The molecule has 1 saturated heterocycles. The molecular weight excluding hydrogens is 264 g/mol. The number of rotatable bonds is 2. The Morgan fingerprint density at radius 3 is 2.94 bits per heavy atom. The van der Waals surface area contributed by atoms with Crippen molar-refractivity contribution >= 4 is 30.5 Å². The van der Waals surface area contributed by atoms with Crippen molar-refractivity contribution in [1.29, 1.82) is 0 Å². The van der Waals surface area contributed by atoms with Crippen LogP contribution in [0.4, 0.5) is 10.1 Å². The highest BCUT2D eigenvalue weighted by molar-refractivity contribution is 5.85. The Labute approximate surface area is 114 Å². The van der Waals surface area contributed by atoms with Crippen LogP contribution in [0.2, 0.25) is 0 Å². The molecule has 17 heavy (non-hydrogen) atoms. The molecule has 1 aromatic rings. The SMILES string of the molecule is CC[C@@H]1CN(c2ccncc2F)CCN1.Cl.Cl. The van der Waals surface area contributed by atoms with Crippen molar-refractivity contribution in [1.82, 2.24) is 10.3 Å². The Kier molecular flexibility index (Phi) is 7.43. The van der Waals surface area contributed by atoms with E-state index in [9.17, 15) is 4.39 Å². The summed E-state index contributed by atoms with van der Waals surface area (Å²) in [5, 5.41) is 3.41. The highest BCUT2D eigenvalue weighted by Crippen LogP contribution is 2.19. The smallest absolute Gasteiger partial charge is 0.164 e. The second-order valence-corrected chi connectivity index (χ2v) is 3.83. The Morgan fingerprint density at radius 1 is 1.53 bits per heavy atom. The number of aromatic nitrogens is 1. The summed E-state index contributed by atoms with van der Waals surface area (Å²) in [6.45, 7) is 4.79. The first-order valence-electron chi connectivity index (χ1n) is 5.39. The molecule has 1 N–H and O–H groups in total. The third-order valence-corrected chi connectivity index (χ3v) is 2.84. The summed E-state index contributed by atoms with van der Waals surface area (Å²) in [6, 6.07) is 2.21. The highest BCUT2D eigenvalue weighted by atomic mass is 35.5. The molecule has 0 saturated carbocycles. The van der Waals surface area contributed by atoms with Gasteiger partial charge in [-0.15, -0.1) is 24.8 Å². The minimum Gasteiger partial charge on any atom is -0.366 e. The number of pyridine rings is 1. The van der Waals surface area contributed by atoms with Crippen molar-refractivity contribution in [3.05, 3.63) is 24.3 Å². The van der Waals surface area contributed by atoms with Gasteiger partial charge >= 0.3 is 0 Å². The number of nitrogens with one attached hydrogen (secondary N) is 1. The summed E-state index contributed by atoms with van der Waals surface area (Å²) in [5.74, 6) is -0.228. The van der Waals surface area contributed by atoms with Crippen LogP contribution < -0.4 is 10.2 Å². The molecule has 3 nitrogen and oxygen atoms in total. The van der Waals surface area contributed by atoms with Crippen molar-refractivity contribution in [2.45, 2.75) is 19.4 Å². The maximum absolute atomic E-state index is 13.5. The lowest BCUT2D eigenvalue weighted by atomic mass is 10.1. The van der Waals surface area contributed by atoms with Crippen LogP contribution in [0.15, 0.2) is 18.5 Å². The van der Waals surface area contributed by atoms with Gasteiger partial charge in [0.2, 0.25) is 0 Å². The number of hydrogen-bond acceptors (Lipinski definition) is 3. The topological polar surface area (TPSA) is 28.2 Å². The van der Waals surface area contributed by atoms with E-state index in [4.69, 9.17) is 0 Å². The molecule has 1 aliphatic heterocycles. The van der Waals surface area contributed by atoms with E-state index in [1.165, 1.54) is 6.20 Å². The van der Waals surface area contributed by atoms with Gasteiger partial charge in [0, 0.05) is 31.9 Å². The third-order valence-electron chi connectivity index (χ3n) is 2.84. The minimum atomic E-state index is -0.228. The molecule has 0 radical (unpaired) electrons. The third kappa shape index (κ3) is 3.98. The number of halogens is 3. The van der Waals surface area contributed by atoms with Gasteiger partial charge < -0.3 is 10.2 Å². The number of anilines is 1. The normalized spacial score (nSPS) is 19.2. The van der Waals surface area contributed by atoms with Gasteiger partial charge in [-0.05, 0) is 12.5 Å². The first kappa shape index (κ1) is 16.4. The van der Waals surface area contributed by atoms with Crippen molar-refractivity contribution in [2.75, 3.05) is 24.5 Å². The molecule has 0 aliphatic carbocycles. The van der Waals surface area contributed by atoms with Crippen LogP contribution in [0.1, 0.15) is 13.3 Å². The van der Waals surface area contributed by atoms with E-state index in [1.807, 2.05) is 0 Å². The molecule has 6 heteroatoms. The number of hydrogen-bond donors (Lipinski definition) is 1. The monoisotopic (exact) mass is 281 g/mol. The molecule has 1 fully saturated rings. The quantitative estimate of drug-likeness (QED) is 0.901. The van der Waals surface area contributed by atoms with E-state index in [2.05, 4.69) is 22.1 Å². The standard InChI is InChI=1S/C11H16FN3.2ClH/c1-2-9-8-15(6-5-14-9)11-3-4-13-7-10(11)12;;/h3-4,7,9,14H,2,5-6,8H2,1H3;2*1H/t9-;;/m1../s1. The van der Waals surface area contributed by atoms with Gasteiger partial charge in [-0.3, -0.25) is 4.98 Å². The molecule has 1 atom stereocenters. The van der Waals surface area contributed by atoms with Gasteiger partial charge in [-0.1, -0.05) is 6.92 Å². The Bertz CT molecular complexity index is 338. The number of piperazine rings is 1. The Morgan fingerprint density at radius 2 is 2.29 bits per heavy atom. The molecule has 1 aromatic heterocycles. The van der Waals surface area contributed by atoms with Gasteiger partial charge in [0.25, 0.3) is 0 Å². The first-order chi connectivity index (χ1) is 7.31. The zero-order valence-electron chi connectivity index (χ0n) is 9.73. The number of nitrogens with zero attached hydrogens (tertiary/aromatic N) is 2. The average Bonchev–Trinajstić information content (AvgIpc) is 2.30. The van der Waals surface area contributed by atoms with E-state index in [1.54, 1.807) is 12.3 Å². The minimum absolute atomic E-state index is 0. The van der Waals surface area contributed by atoms with Crippen LogP contribution in [0, 0.1) is 5.82 Å². The second-order valence-electron chi connectivity index (χ2n) is 3.83. The van der Waals surface area contributed by atoms with Gasteiger partial charge in [-0.25, -0.2) is 4.39 Å². The summed E-state index contributed by atoms with van der Waals surface area (Å²) >= 11 is 0.